The van der Waals surface area contributed by atoms with E-state index in [2.05, 4.69) is 60.7 Å². The smallest absolute Gasteiger partial charge is 0.0395 e. The minimum Gasteiger partial charge on any atom is -0.293 e. The second-order valence-corrected chi connectivity index (χ2v) is 5.21. The number of hydrogen-bond donors (Lipinski definition) is 0. The quantitative estimate of drug-likeness (QED) is 0.778. The Hall–Kier alpha value is -1.89. The molecule has 0 bridgehead atoms. The molecule has 0 fully saturated rings. The standard InChI is InChI=1S/C18H19N/c1-3-7-15(8-4-1)13-17-11-12-19-18(17)14-16-9-5-2-6-10-16/h1-10,17H,11-14H2. The largest absolute Gasteiger partial charge is 0.293 e. The fraction of sp³-hybridized carbons (Fsp3) is 0.278. The van der Waals surface area contributed by atoms with Gasteiger partial charge in [-0.1, -0.05) is 60.7 Å². The monoisotopic (exact) mass is 249 g/mol. The Kier molecular flexibility index (Phi) is 3.73. The molecule has 0 saturated heterocycles. The maximum absolute atomic E-state index is 4.73. The van der Waals surface area contributed by atoms with Crippen molar-refractivity contribution in [2.45, 2.75) is 19.3 Å². The van der Waals surface area contributed by atoms with Gasteiger partial charge >= 0.3 is 0 Å². The van der Waals surface area contributed by atoms with Crippen molar-refractivity contribution in [3.63, 3.8) is 0 Å². The lowest BCUT2D eigenvalue weighted by molar-refractivity contribution is 0.669. The van der Waals surface area contributed by atoms with Crippen LogP contribution in [0.3, 0.4) is 0 Å². The molecule has 1 atom stereocenters. The van der Waals surface area contributed by atoms with Crippen molar-refractivity contribution in [1.29, 1.82) is 0 Å². The zero-order chi connectivity index (χ0) is 12.9. The first-order chi connectivity index (χ1) is 9.42. The summed E-state index contributed by atoms with van der Waals surface area (Å²) in [7, 11) is 0. The molecule has 2 aromatic carbocycles. The van der Waals surface area contributed by atoms with Gasteiger partial charge in [0.15, 0.2) is 0 Å². The molecule has 1 aliphatic heterocycles. The molecule has 0 aliphatic carbocycles. The highest BCUT2D eigenvalue weighted by Crippen LogP contribution is 2.22. The lowest BCUT2D eigenvalue weighted by atomic mass is 9.90. The van der Waals surface area contributed by atoms with Crippen LogP contribution < -0.4 is 0 Å². The van der Waals surface area contributed by atoms with Crippen molar-refractivity contribution >= 4 is 5.71 Å². The highest BCUT2D eigenvalue weighted by atomic mass is 14.8. The molecule has 0 N–H and O–H groups in total. The summed E-state index contributed by atoms with van der Waals surface area (Å²) in [4.78, 5) is 4.73. The van der Waals surface area contributed by atoms with Crippen molar-refractivity contribution in [1.82, 2.24) is 0 Å². The second-order valence-electron chi connectivity index (χ2n) is 5.21. The van der Waals surface area contributed by atoms with Crippen molar-refractivity contribution in [3.8, 4) is 0 Å². The van der Waals surface area contributed by atoms with E-state index >= 15 is 0 Å². The van der Waals surface area contributed by atoms with Crippen LogP contribution in [0, 0.1) is 5.92 Å². The van der Waals surface area contributed by atoms with Gasteiger partial charge in [0.05, 0.1) is 0 Å². The lowest BCUT2D eigenvalue weighted by Crippen LogP contribution is -2.15. The van der Waals surface area contributed by atoms with E-state index in [-0.39, 0.29) is 0 Å². The van der Waals surface area contributed by atoms with Crippen LogP contribution >= 0.6 is 0 Å². The number of benzene rings is 2. The van der Waals surface area contributed by atoms with Crippen molar-refractivity contribution < 1.29 is 0 Å². The summed E-state index contributed by atoms with van der Waals surface area (Å²) in [5.74, 6) is 0.627. The van der Waals surface area contributed by atoms with Gasteiger partial charge < -0.3 is 0 Å². The van der Waals surface area contributed by atoms with Crippen LogP contribution in [0.5, 0.6) is 0 Å². The van der Waals surface area contributed by atoms with Crippen LogP contribution in [0.4, 0.5) is 0 Å². The zero-order valence-electron chi connectivity index (χ0n) is 11.1. The minimum absolute atomic E-state index is 0.627. The van der Waals surface area contributed by atoms with Crippen molar-refractivity contribution in [2.75, 3.05) is 6.54 Å². The van der Waals surface area contributed by atoms with Gasteiger partial charge in [-0.05, 0) is 24.0 Å². The number of aliphatic imine (C=N–C) groups is 1. The van der Waals surface area contributed by atoms with E-state index < -0.39 is 0 Å². The van der Waals surface area contributed by atoms with Crippen LogP contribution in [-0.4, -0.2) is 12.3 Å². The molecule has 0 aromatic heterocycles. The molecule has 3 rings (SSSR count). The SMILES string of the molecule is c1ccc(CC2=NCCC2Cc2ccccc2)cc1. The Bertz CT molecular complexity index is 542. The van der Waals surface area contributed by atoms with E-state index in [1.807, 2.05) is 0 Å². The van der Waals surface area contributed by atoms with E-state index in [9.17, 15) is 0 Å². The second kappa shape index (κ2) is 5.83. The molecule has 0 amide bonds. The van der Waals surface area contributed by atoms with Crippen LogP contribution in [0.1, 0.15) is 17.5 Å². The first-order valence-electron chi connectivity index (χ1n) is 7.03. The topological polar surface area (TPSA) is 12.4 Å². The normalized spacial score (nSPS) is 18.3. The Balaban J connectivity index is 1.68. The number of rotatable bonds is 4. The first-order valence-corrected chi connectivity index (χ1v) is 7.03. The Morgan fingerprint density at radius 2 is 1.47 bits per heavy atom. The average Bonchev–Trinajstić information content (AvgIpc) is 2.88. The third kappa shape index (κ3) is 3.11. The molecule has 0 spiro atoms. The van der Waals surface area contributed by atoms with Crippen LogP contribution in [-0.2, 0) is 12.8 Å². The molecule has 1 unspecified atom stereocenters. The van der Waals surface area contributed by atoms with E-state index in [4.69, 9.17) is 4.99 Å². The van der Waals surface area contributed by atoms with E-state index in [0.29, 0.717) is 5.92 Å². The summed E-state index contributed by atoms with van der Waals surface area (Å²) in [6.45, 7) is 1.000. The predicted molar refractivity (Wildman–Crippen MR) is 80.7 cm³/mol. The van der Waals surface area contributed by atoms with Crippen LogP contribution in [0.25, 0.3) is 0 Å². The molecule has 19 heavy (non-hydrogen) atoms. The molecule has 1 heteroatoms. The molecule has 1 nitrogen and oxygen atoms in total. The van der Waals surface area contributed by atoms with Gasteiger partial charge in [0.1, 0.15) is 0 Å². The Morgan fingerprint density at radius 3 is 2.16 bits per heavy atom. The Morgan fingerprint density at radius 1 is 0.842 bits per heavy atom. The van der Waals surface area contributed by atoms with Gasteiger partial charge in [0.25, 0.3) is 0 Å². The summed E-state index contributed by atoms with van der Waals surface area (Å²) < 4.78 is 0. The fourth-order valence-electron chi connectivity index (χ4n) is 2.78. The molecular formula is C18H19N. The molecule has 0 saturated carbocycles. The molecule has 0 radical (unpaired) electrons. The molecule has 2 aromatic rings. The highest BCUT2D eigenvalue weighted by Gasteiger charge is 2.21. The van der Waals surface area contributed by atoms with Gasteiger partial charge in [-0.15, -0.1) is 0 Å². The predicted octanol–water partition coefficient (Wildman–Crippen LogP) is 3.93. The molecule has 96 valence electrons. The maximum atomic E-state index is 4.73. The van der Waals surface area contributed by atoms with E-state index in [1.54, 1.807) is 0 Å². The van der Waals surface area contributed by atoms with Crippen molar-refractivity contribution in [3.05, 3.63) is 71.8 Å². The van der Waals surface area contributed by atoms with Crippen LogP contribution in [0.15, 0.2) is 65.7 Å². The van der Waals surface area contributed by atoms with Gasteiger partial charge in [0, 0.05) is 24.6 Å². The number of hydrogen-bond acceptors (Lipinski definition) is 1. The molecular weight excluding hydrogens is 230 g/mol. The first kappa shape index (κ1) is 12.2. The molecule has 1 heterocycles. The third-order valence-corrected chi connectivity index (χ3v) is 3.82. The van der Waals surface area contributed by atoms with E-state index in [1.165, 1.54) is 23.3 Å². The van der Waals surface area contributed by atoms with Gasteiger partial charge in [0.2, 0.25) is 0 Å². The van der Waals surface area contributed by atoms with Crippen molar-refractivity contribution in [2.24, 2.45) is 10.9 Å². The zero-order valence-corrected chi connectivity index (χ0v) is 11.1. The summed E-state index contributed by atoms with van der Waals surface area (Å²) >= 11 is 0. The van der Waals surface area contributed by atoms with Gasteiger partial charge in [-0.3, -0.25) is 4.99 Å². The average molecular weight is 249 g/mol. The summed E-state index contributed by atoms with van der Waals surface area (Å²) in [6, 6.07) is 21.4. The van der Waals surface area contributed by atoms with Gasteiger partial charge in [-0.25, -0.2) is 0 Å². The van der Waals surface area contributed by atoms with Gasteiger partial charge in [-0.2, -0.15) is 0 Å². The third-order valence-electron chi connectivity index (χ3n) is 3.82. The molecule has 1 aliphatic rings. The Labute approximate surface area is 115 Å². The summed E-state index contributed by atoms with van der Waals surface area (Å²) in [6.07, 6.45) is 3.35. The number of nitrogens with zero attached hydrogens (tertiary/aromatic N) is 1. The van der Waals surface area contributed by atoms with Crippen LogP contribution in [0.2, 0.25) is 0 Å². The highest BCUT2D eigenvalue weighted by molar-refractivity contribution is 5.90. The summed E-state index contributed by atoms with van der Waals surface area (Å²) in [5.41, 5.74) is 4.19. The fourth-order valence-corrected chi connectivity index (χ4v) is 2.78. The maximum Gasteiger partial charge on any atom is 0.0395 e. The minimum atomic E-state index is 0.627. The van der Waals surface area contributed by atoms with E-state index in [0.717, 1.165) is 19.4 Å². The summed E-state index contributed by atoms with van der Waals surface area (Å²) in [5, 5.41) is 0. The lowest BCUT2D eigenvalue weighted by Gasteiger charge is -2.13.